The molecule has 0 aliphatic carbocycles. The molecule has 1 rings (SSSR count). The molecule has 0 radical (unpaired) electrons. The zero-order chi connectivity index (χ0) is 11.4. The number of aromatic nitrogens is 3. The summed E-state index contributed by atoms with van der Waals surface area (Å²) >= 11 is 0. The normalized spacial score (nSPS) is 11.3. The topological polar surface area (TPSA) is 47.8 Å². The molecular formula is C11H19N3O. The van der Waals surface area contributed by atoms with Crippen LogP contribution in [0.1, 0.15) is 33.4 Å². The van der Waals surface area contributed by atoms with Crippen LogP contribution in [0.2, 0.25) is 0 Å². The van der Waals surface area contributed by atoms with Crippen LogP contribution in [0.15, 0.2) is 6.20 Å². The number of ketones is 1. The number of Topliss-reactive ketones (excluding diaryl/α,β-unsaturated/α-hetero) is 1. The van der Waals surface area contributed by atoms with Crippen LogP contribution in [0.3, 0.4) is 0 Å². The number of carbonyl (C=O) groups excluding carboxylic acids is 1. The molecule has 0 aromatic carbocycles. The molecule has 4 nitrogen and oxygen atoms in total. The standard InChI is InChI=1S/C11H19N3O/c1-8(2)5-10-6-14(13-12-10)7-11(15)9(3)4/h6,8-9H,5,7H2,1-4H3. The van der Waals surface area contributed by atoms with Gasteiger partial charge in [-0.3, -0.25) is 4.79 Å². The maximum absolute atomic E-state index is 11.5. The number of carbonyl (C=O) groups is 1. The molecule has 0 bridgehead atoms. The Labute approximate surface area is 90.7 Å². The van der Waals surface area contributed by atoms with Crippen LogP contribution in [0, 0.1) is 11.8 Å². The molecule has 1 aromatic rings. The fraction of sp³-hybridized carbons (Fsp3) is 0.727. The molecule has 1 heterocycles. The van der Waals surface area contributed by atoms with E-state index < -0.39 is 0 Å². The van der Waals surface area contributed by atoms with Gasteiger partial charge in [-0.2, -0.15) is 0 Å². The maximum Gasteiger partial charge on any atom is 0.156 e. The molecule has 0 atom stereocenters. The third-order valence-electron chi connectivity index (χ3n) is 2.17. The summed E-state index contributed by atoms with van der Waals surface area (Å²) in [6.07, 6.45) is 2.77. The van der Waals surface area contributed by atoms with E-state index in [4.69, 9.17) is 0 Å². The summed E-state index contributed by atoms with van der Waals surface area (Å²) in [4.78, 5) is 11.5. The van der Waals surface area contributed by atoms with Gasteiger partial charge in [-0.1, -0.05) is 32.9 Å². The largest absolute Gasteiger partial charge is 0.297 e. The fourth-order valence-corrected chi connectivity index (χ4v) is 1.27. The molecule has 0 aliphatic heterocycles. The molecule has 1 aromatic heterocycles. The van der Waals surface area contributed by atoms with Crippen molar-refractivity contribution in [3.8, 4) is 0 Å². The first kappa shape index (κ1) is 11.9. The number of hydrogen-bond acceptors (Lipinski definition) is 3. The van der Waals surface area contributed by atoms with E-state index in [2.05, 4.69) is 24.2 Å². The molecule has 4 heteroatoms. The van der Waals surface area contributed by atoms with Gasteiger partial charge in [-0.05, 0) is 12.3 Å². The Kier molecular flexibility index (Phi) is 4.00. The predicted molar refractivity (Wildman–Crippen MR) is 58.4 cm³/mol. The van der Waals surface area contributed by atoms with Crippen LogP contribution in [0.4, 0.5) is 0 Å². The molecule has 0 amide bonds. The Bertz CT molecular complexity index is 328. The van der Waals surface area contributed by atoms with Crippen molar-refractivity contribution in [3.05, 3.63) is 11.9 Å². The van der Waals surface area contributed by atoms with Crippen molar-refractivity contribution in [3.63, 3.8) is 0 Å². The van der Waals surface area contributed by atoms with Crippen LogP contribution in [-0.4, -0.2) is 20.8 Å². The first-order valence-electron chi connectivity index (χ1n) is 5.40. The average molecular weight is 209 g/mol. The molecule has 84 valence electrons. The van der Waals surface area contributed by atoms with Crippen LogP contribution < -0.4 is 0 Å². The monoisotopic (exact) mass is 209 g/mol. The highest BCUT2D eigenvalue weighted by Gasteiger charge is 2.10. The summed E-state index contributed by atoms with van der Waals surface area (Å²) in [5, 5.41) is 7.97. The van der Waals surface area contributed by atoms with E-state index in [0.717, 1.165) is 12.1 Å². The van der Waals surface area contributed by atoms with Gasteiger partial charge in [-0.25, -0.2) is 4.68 Å². The highest BCUT2D eigenvalue weighted by atomic mass is 16.1. The second-order valence-electron chi connectivity index (χ2n) is 4.63. The highest BCUT2D eigenvalue weighted by molar-refractivity contribution is 5.79. The third-order valence-corrected chi connectivity index (χ3v) is 2.17. The van der Waals surface area contributed by atoms with Gasteiger partial charge >= 0.3 is 0 Å². The van der Waals surface area contributed by atoms with E-state index in [1.807, 2.05) is 20.0 Å². The van der Waals surface area contributed by atoms with Gasteiger partial charge in [0.2, 0.25) is 0 Å². The van der Waals surface area contributed by atoms with Crippen molar-refractivity contribution in [2.24, 2.45) is 11.8 Å². The molecule has 0 unspecified atom stereocenters. The second-order valence-corrected chi connectivity index (χ2v) is 4.63. The van der Waals surface area contributed by atoms with Gasteiger partial charge in [0.1, 0.15) is 6.54 Å². The molecule has 0 saturated carbocycles. The van der Waals surface area contributed by atoms with Crippen molar-refractivity contribution in [2.45, 2.75) is 40.7 Å². The zero-order valence-corrected chi connectivity index (χ0v) is 9.90. The van der Waals surface area contributed by atoms with Gasteiger partial charge in [0.25, 0.3) is 0 Å². The summed E-state index contributed by atoms with van der Waals surface area (Å²) in [6.45, 7) is 8.40. The minimum atomic E-state index is 0.0581. The third kappa shape index (κ3) is 3.81. The lowest BCUT2D eigenvalue weighted by atomic mass is 10.1. The summed E-state index contributed by atoms with van der Waals surface area (Å²) in [7, 11) is 0. The smallest absolute Gasteiger partial charge is 0.156 e. The SMILES string of the molecule is CC(C)Cc1cn(CC(=O)C(C)C)nn1. The van der Waals surface area contributed by atoms with Crippen molar-refractivity contribution < 1.29 is 4.79 Å². The zero-order valence-electron chi connectivity index (χ0n) is 9.90. The highest BCUT2D eigenvalue weighted by Crippen LogP contribution is 2.04. The average Bonchev–Trinajstić information content (AvgIpc) is 2.51. The first-order chi connectivity index (χ1) is 6.99. The van der Waals surface area contributed by atoms with E-state index in [1.54, 1.807) is 4.68 Å². The summed E-state index contributed by atoms with van der Waals surface area (Å²) in [6, 6.07) is 0. The lowest BCUT2D eigenvalue weighted by molar-refractivity contribution is -0.122. The van der Waals surface area contributed by atoms with Gasteiger partial charge in [0, 0.05) is 12.1 Å². The number of hydrogen-bond donors (Lipinski definition) is 0. The summed E-state index contributed by atoms with van der Waals surface area (Å²) in [5.74, 6) is 0.815. The molecule has 0 fully saturated rings. The van der Waals surface area contributed by atoms with Crippen LogP contribution in [-0.2, 0) is 17.8 Å². The molecule has 0 N–H and O–H groups in total. The minimum Gasteiger partial charge on any atom is -0.297 e. The van der Waals surface area contributed by atoms with E-state index in [1.165, 1.54) is 0 Å². The number of rotatable bonds is 5. The first-order valence-corrected chi connectivity index (χ1v) is 5.40. The Hall–Kier alpha value is -1.19. The molecule has 15 heavy (non-hydrogen) atoms. The Balaban J connectivity index is 2.56. The van der Waals surface area contributed by atoms with Gasteiger partial charge in [0.15, 0.2) is 5.78 Å². The summed E-state index contributed by atoms with van der Waals surface area (Å²) < 4.78 is 1.63. The van der Waals surface area contributed by atoms with E-state index in [9.17, 15) is 4.79 Å². The van der Waals surface area contributed by atoms with Crippen LogP contribution >= 0.6 is 0 Å². The molecule has 0 aliphatic rings. The lowest BCUT2D eigenvalue weighted by Gasteiger charge is -2.02. The van der Waals surface area contributed by atoms with Crippen molar-refractivity contribution in [1.82, 2.24) is 15.0 Å². The second kappa shape index (κ2) is 5.05. The van der Waals surface area contributed by atoms with Gasteiger partial charge in [0.05, 0.1) is 5.69 Å². The van der Waals surface area contributed by atoms with Crippen molar-refractivity contribution >= 4 is 5.78 Å². The molecular weight excluding hydrogens is 190 g/mol. The molecule has 0 saturated heterocycles. The Morgan fingerprint density at radius 3 is 2.60 bits per heavy atom. The van der Waals surface area contributed by atoms with Crippen LogP contribution in [0.5, 0.6) is 0 Å². The van der Waals surface area contributed by atoms with Gasteiger partial charge < -0.3 is 0 Å². The lowest BCUT2D eigenvalue weighted by Crippen LogP contribution is -2.15. The Morgan fingerprint density at radius 2 is 2.07 bits per heavy atom. The maximum atomic E-state index is 11.5. The van der Waals surface area contributed by atoms with E-state index in [-0.39, 0.29) is 11.7 Å². The Morgan fingerprint density at radius 1 is 1.40 bits per heavy atom. The quantitative estimate of drug-likeness (QED) is 0.741. The van der Waals surface area contributed by atoms with E-state index in [0.29, 0.717) is 12.5 Å². The van der Waals surface area contributed by atoms with Crippen molar-refractivity contribution in [1.29, 1.82) is 0 Å². The van der Waals surface area contributed by atoms with E-state index >= 15 is 0 Å². The predicted octanol–water partition coefficient (Wildman–Crippen LogP) is 1.70. The fourth-order valence-electron chi connectivity index (χ4n) is 1.27. The number of nitrogens with zero attached hydrogens (tertiary/aromatic N) is 3. The summed E-state index contributed by atoms with van der Waals surface area (Å²) in [5.41, 5.74) is 0.960. The van der Waals surface area contributed by atoms with Crippen LogP contribution in [0.25, 0.3) is 0 Å². The minimum absolute atomic E-state index is 0.0581. The van der Waals surface area contributed by atoms with Gasteiger partial charge in [-0.15, -0.1) is 5.10 Å². The van der Waals surface area contributed by atoms with Crippen molar-refractivity contribution in [2.75, 3.05) is 0 Å². The molecule has 0 spiro atoms.